The molecular formula is C58H64F7N12O24PS3. The highest BCUT2D eigenvalue weighted by atomic mass is 32.2. The van der Waals surface area contributed by atoms with Gasteiger partial charge in [0, 0.05) is 37.7 Å². The largest absolute Gasteiger partial charge is 0.489 e. The Balaban J connectivity index is 0.000000313. The van der Waals surface area contributed by atoms with Crippen LogP contribution in [0.2, 0.25) is 0 Å². The van der Waals surface area contributed by atoms with Gasteiger partial charge >= 0.3 is 55.1 Å². The van der Waals surface area contributed by atoms with Crippen molar-refractivity contribution >= 4 is 79.1 Å². The summed E-state index contributed by atoms with van der Waals surface area (Å²) in [6.45, 7) is -0.651. The zero-order valence-corrected chi connectivity index (χ0v) is 58.9. The molecule has 9 N–H and O–H groups in total. The second kappa shape index (κ2) is 37.9. The molecule has 0 spiro atoms. The van der Waals surface area contributed by atoms with E-state index < -0.39 is 154 Å². The van der Waals surface area contributed by atoms with Crippen molar-refractivity contribution in [2.45, 2.75) is 86.6 Å². The van der Waals surface area contributed by atoms with Gasteiger partial charge in [-0.25, -0.2) is 59.8 Å². The number of benzene rings is 3. The summed E-state index contributed by atoms with van der Waals surface area (Å²) in [5.41, 5.74) is 2.65. The number of carboxylic acids is 2. The van der Waals surface area contributed by atoms with Gasteiger partial charge in [0.15, 0.2) is 28.3 Å². The van der Waals surface area contributed by atoms with Gasteiger partial charge in [-0.15, -0.1) is 0 Å². The molecule has 0 aliphatic rings. The monoisotopic (exact) mass is 1570 g/mol. The van der Waals surface area contributed by atoms with Crippen LogP contribution in [0.3, 0.4) is 0 Å². The SMILES string of the molecule is CCS(=O)(=O)c1cccnc1S(=O)(=O)NC(=O)Nc1nc(OC)cc(OC)n1.CCc1ccc(COc2ccc(-n3c(=O)cc(C(F)(F)F)n(C)c3=O)cc2)c(OC(C)C(=O)OC)c1.CP(=O)(O)CCC(N)C(=O)O.O=C(Nc1nc(OC(F)F)cc(OC(F)F)n1)NS(=O)(=O)c1ccccc1C(=O)O. The maximum absolute atomic E-state index is 13.1. The molecule has 7 aromatic rings. The highest BCUT2D eigenvalue weighted by Crippen LogP contribution is 2.36. The lowest BCUT2D eigenvalue weighted by Crippen LogP contribution is -2.40. The minimum absolute atomic E-state index is 0.0412. The number of anilines is 2. The van der Waals surface area contributed by atoms with Gasteiger partial charge in [-0.05, 0) is 79.9 Å². The molecule has 4 amide bonds. The van der Waals surface area contributed by atoms with Gasteiger partial charge in [0.2, 0.25) is 35.4 Å². The maximum atomic E-state index is 13.1. The number of carbonyl (C=O) groups excluding carboxylic acids is 3. The summed E-state index contributed by atoms with van der Waals surface area (Å²) in [5, 5.41) is 20.3. The first kappa shape index (κ1) is 86.3. The van der Waals surface area contributed by atoms with Crippen molar-refractivity contribution in [3.8, 4) is 40.7 Å². The first-order valence-corrected chi connectivity index (χ1v) is 36.0. The summed E-state index contributed by atoms with van der Waals surface area (Å²) in [4.78, 5) is 107. The first-order valence-electron chi connectivity index (χ1n) is 29.1. The van der Waals surface area contributed by atoms with E-state index in [4.69, 9.17) is 44.5 Å². The van der Waals surface area contributed by atoms with Crippen molar-refractivity contribution < 1.29 is 133 Å². The van der Waals surface area contributed by atoms with Crippen LogP contribution in [0, 0.1) is 0 Å². The number of hydrogen-bond donors (Lipinski definition) is 8. The molecule has 0 saturated heterocycles. The van der Waals surface area contributed by atoms with Crippen LogP contribution in [0.25, 0.3) is 5.69 Å². The number of nitrogens with zero attached hydrogens (tertiary/aromatic N) is 7. The van der Waals surface area contributed by atoms with Gasteiger partial charge < -0.3 is 54.0 Å². The maximum Gasteiger partial charge on any atom is 0.431 e. The number of esters is 1. The second-order valence-electron chi connectivity index (χ2n) is 20.4. The Hall–Kier alpha value is -11.1. The number of hydrogen-bond acceptors (Lipinski definition) is 27. The molecule has 3 unspecified atom stereocenters. The molecule has 4 heterocycles. The predicted octanol–water partition coefficient (Wildman–Crippen LogP) is 5.41. The van der Waals surface area contributed by atoms with Crippen LogP contribution in [0.5, 0.6) is 35.0 Å². The molecule has 0 fully saturated rings. The lowest BCUT2D eigenvalue weighted by Gasteiger charge is -2.17. The van der Waals surface area contributed by atoms with E-state index in [2.05, 4.69) is 39.7 Å². The number of carbonyl (C=O) groups is 5. The molecule has 0 saturated carbocycles. The van der Waals surface area contributed by atoms with Crippen molar-refractivity contribution in [2.24, 2.45) is 12.8 Å². The van der Waals surface area contributed by atoms with Gasteiger partial charge in [-0.1, -0.05) is 38.1 Å². The Labute approximate surface area is 590 Å². The smallest absolute Gasteiger partial charge is 0.431 e. The Kier molecular flexibility index (Phi) is 31.2. The van der Waals surface area contributed by atoms with Gasteiger partial charge in [-0.2, -0.15) is 59.1 Å². The van der Waals surface area contributed by atoms with Crippen molar-refractivity contribution in [1.29, 1.82) is 0 Å². The number of aryl methyl sites for hydroxylation is 1. The van der Waals surface area contributed by atoms with Gasteiger partial charge in [0.05, 0.1) is 50.5 Å². The number of aliphatic carboxylic acids is 1. The van der Waals surface area contributed by atoms with Crippen LogP contribution in [-0.2, 0) is 75.0 Å². The number of halogens is 7. The van der Waals surface area contributed by atoms with E-state index in [1.807, 2.05) is 25.1 Å². The second-order valence-corrected chi connectivity index (χ2v) is 28.5. The van der Waals surface area contributed by atoms with Gasteiger partial charge in [0.25, 0.3) is 25.6 Å². The van der Waals surface area contributed by atoms with Crippen LogP contribution in [0.4, 0.5) is 52.2 Å². The number of sulfone groups is 1. The Bertz CT molecular complexity index is 4740. The highest BCUT2D eigenvalue weighted by molar-refractivity contribution is 7.93. The molecule has 105 heavy (non-hydrogen) atoms. The fourth-order valence-corrected chi connectivity index (χ4v) is 12.2. The van der Waals surface area contributed by atoms with Gasteiger partial charge in [-0.3, -0.25) is 29.4 Å². The molecule has 572 valence electrons. The number of urea groups is 2. The quantitative estimate of drug-likeness (QED) is 0.0181. The minimum atomic E-state index is -4.84. The van der Waals surface area contributed by atoms with Crippen molar-refractivity contribution in [3.63, 3.8) is 0 Å². The summed E-state index contributed by atoms with van der Waals surface area (Å²) in [5.74, 6) is -5.80. The van der Waals surface area contributed by atoms with E-state index in [-0.39, 0.29) is 48.3 Å². The number of pyridine rings is 1. The average Bonchev–Trinajstić information content (AvgIpc) is 0.837. The molecule has 0 bridgehead atoms. The number of alkyl halides is 7. The fraction of sp³-hybridized carbons (Fsp3) is 0.310. The molecule has 47 heteroatoms. The Morgan fingerprint density at radius 3 is 1.71 bits per heavy atom. The normalized spacial score (nSPS) is 12.4. The third kappa shape index (κ3) is 26.6. The van der Waals surface area contributed by atoms with E-state index in [9.17, 15) is 94.1 Å². The third-order valence-corrected chi connectivity index (χ3v) is 18.5. The summed E-state index contributed by atoms with van der Waals surface area (Å²) in [7, 11) is -11.4. The van der Waals surface area contributed by atoms with E-state index in [1.54, 1.807) is 17.0 Å². The molecule has 3 aromatic carbocycles. The Morgan fingerprint density at radius 2 is 1.23 bits per heavy atom. The number of aromatic nitrogens is 7. The van der Waals surface area contributed by atoms with Crippen LogP contribution >= 0.6 is 7.37 Å². The Morgan fingerprint density at radius 1 is 0.705 bits per heavy atom. The lowest BCUT2D eigenvalue weighted by molar-refractivity contribution is -0.148. The molecule has 0 radical (unpaired) electrons. The van der Waals surface area contributed by atoms with E-state index in [0.29, 0.717) is 38.3 Å². The molecular weight excluding hydrogens is 1510 g/mol. The predicted molar refractivity (Wildman–Crippen MR) is 350 cm³/mol. The highest BCUT2D eigenvalue weighted by Gasteiger charge is 2.36. The molecule has 36 nitrogen and oxygen atoms in total. The summed E-state index contributed by atoms with van der Waals surface area (Å²) < 4.78 is 211. The topological polar surface area (TPSA) is 513 Å². The number of ether oxygens (including phenoxy) is 7. The molecule has 0 aliphatic heterocycles. The number of nitrogens with two attached hydrogens (primary N) is 1. The fourth-order valence-electron chi connectivity index (χ4n) is 7.82. The third-order valence-electron chi connectivity index (χ3n) is 12.9. The number of methoxy groups -OCH3 is 3. The zero-order valence-electron chi connectivity index (χ0n) is 55.6. The summed E-state index contributed by atoms with van der Waals surface area (Å²) in [6.07, 6.45) is -3.81. The van der Waals surface area contributed by atoms with Gasteiger partial charge in [0.1, 0.15) is 39.6 Å². The molecule has 0 aliphatic carbocycles. The van der Waals surface area contributed by atoms with Crippen molar-refractivity contribution in [1.82, 2.24) is 43.5 Å². The number of nitrogens with one attached hydrogen (secondary N) is 4. The lowest BCUT2D eigenvalue weighted by atomic mass is 10.1. The first-order chi connectivity index (χ1) is 48.9. The number of sulfonamides is 2. The minimum Gasteiger partial charge on any atom is -0.489 e. The number of amides is 4. The molecule has 4 aromatic heterocycles. The van der Waals surface area contributed by atoms with Crippen LogP contribution in [0.1, 0.15) is 54.4 Å². The van der Waals surface area contributed by atoms with Crippen LogP contribution < -0.4 is 65.5 Å². The standard InChI is InChI=1S/C25H25F3N2O6.C14H10F4N4O7S.C14H17N5O7S2.C5H12NO4P/c1-5-16-6-7-17(20(12-16)36-15(2)23(32)34-4)14-35-19-10-8-18(9-11-19)30-22(31)13-21(25(26,27)28)29(3)24(30)33;15-11(16)28-8-5-9(29-12(17)18)20-13(19-8)21-14(25)22-30(26,27)7-4-2-1-3-6(7)10(23)24;1-4-27(21,22)9-6-5-7-15-12(9)28(23,24)19-14(20)18-13-16-10(25-2)8-11(17-13)26-3;1-11(9,10)3-2-4(6)5(7)8/h6-13,15H,5,14H2,1-4H3;1-5,11-12H,(H,23,24)(H2,19,20,21,22,25);5-8H,4H2,1-3H3,(H2,16,17,18,19,20);4H,2-3,6H2,1H3,(H,7,8)(H,9,10). The molecule has 7 rings (SSSR count). The van der Waals surface area contributed by atoms with E-state index in [1.165, 1.54) is 88.2 Å². The number of rotatable bonds is 27. The summed E-state index contributed by atoms with van der Waals surface area (Å²) in [6, 6.07) is 16.3. The van der Waals surface area contributed by atoms with Crippen LogP contribution in [0.15, 0.2) is 128 Å². The van der Waals surface area contributed by atoms with Crippen LogP contribution in [-0.4, -0.2) is 170 Å². The molecule has 3 atom stereocenters. The number of aromatic carboxylic acids is 1. The summed E-state index contributed by atoms with van der Waals surface area (Å²) >= 11 is 0. The van der Waals surface area contributed by atoms with Crippen molar-refractivity contribution in [2.75, 3.05) is 50.5 Å². The van der Waals surface area contributed by atoms with E-state index in [0.717, 1.165) is 43.4 Å². The van der Waals surface area contributed by atoms with E-state index >= 15 is 0 Å². The van der Waals surface area contributed by atoms with Crippen molar-refractivity contribution in [3.05, 3.63) is 146 Å². The number of carboxylic acid groups (broad SMARTS) is 2. The zero-order chi connectivity index (χ0) is 79.1. The average molecular weight is 1570 g/mol.